The Labute approximate surface area is 116 Å². The summed E-state index contributed by atoms with van der Waals surface area (Å²) in [7, 11) is 0. The van der Waals surface area contributed by atoms with Crippen LogP contribution in [0.15, 0.2) is 18.2 Å². The predicted octanol–water partition coefficient (Wildman–Crippen LogP) is 1.11. The quantitative estimate of drug-likeness (QED) is 0.904. The highest BCUT2D eigenvalue weighted by molar-refractivity contribution is 5.94. The maximum absolute atomic E-state index is 13.6. The van der Waals surface area contributed by atoms with E-state index in [1.165, 1.54) is 4.90 Å². The summed E-state index contributed by atoms with van der Waals surface area (Å²) in [4.78, 5) is 15.8. The molecule has 1 fully saturated rings. The van der Waals surface area contributed by atoms with Crippen molar-refractivity contribution in [2.75, 3.05) is 39.3 Å². The molecule has 1 heterocycles. The molecule has 0 radical (unpaired) electrons. The number of benzene rings is 1. The molecular formula is C14H18F2N2O2. The van der Waals surface area contributed by atoms with E-state index in [9.17, 15) is 13.6 Å². The van der Waals surface area contributed by atoms with Gasteiger partial charge in [-0.1, -0.05) is 0 Å². The van der Waals surface area contributed by atoms with Gasteiger partial charge in [0, 0.05) is 26.2 Å². The fourth-order valence-electron chi connectivity index (χ4n) is 2.37. The topological polar surface area (TPSA) is 43.8 Å². The van der Waals surface area contributed by atoms with Crippen molar-refractivity contribution in [2.45, 2.75) is 6.42 Å². The van der Waals surface area contributed by atoms with Crippen LogP contribution in [0, 0.1) is 11.6 Å². The summed E-state index contributed by atoms with van der Waals surface area (Å²) < 4.78 is 26.8. The molecule has 0 aromatic heterocycles. The second-order valence-electron chi connectivity index (χ2n) is 4.84. The van der Waals surface area contributed by atoms with E-state index < -0.39 is 17.5 Å². The zero-order valence-corrected chi connectivity index (χ0v) is 11.2. The Balaban J connectivity index is 2.07. The van der Waals surface area contributed by atoms with Crippen LogP contribution < -0.4 is 0 Å². The Bertz CT molecular complexity index is 482. The van der Waals surface area contributed by atoms with Crippen LogP contribution in [-0.4, -0.2) is 60.1 Å². The van der Waals surface area contributed by atoms with Crippen LogP contribution in [0.3, 0.4) is 0 Å². The smallest absolute Gasteiger partial charge is 0.256 e. The number of carbonyl (C=O) groups is 1. The Morgan fingerprint density at radius 2 is 2.00 bits per heavy atom. The summed E-state index contributed by atoms with van der Waals surface area (Å²) in [6.45, 7) is 3.02. The average molecular weight is 284 g/mol. The number of amides is 1. The summed E-state index contributed by atoms with van der Waals surface area (Å²) in [5.74, 6) is -1.80. The molecular weight excluding hydrogens is 266 g/mol. The van der Waals surface area contributed by atoms with Gasteiger partial charge in [0.2, 0.25) is 0 Å². The summed E-state index contributed by atoms with van der Waals surface area (Å²) >= 11 is 0. The van der Waals surface area contributed by atoms with E-state index in [-0.39, 0.29) is 12.2 Å². The van der Waals surface area contributed by atoms with Crippen molar-refractivity contribution in [3.63, 3.8) is 0 Å². The van der Waals surface area contributed by atoms with Crippen LogP contribution in [0.1, 0.15) is 16.8 Å². The molecule has 1 N–H and O–H groups in total. The lowest BCUT2D eigenvalue weighted by molar-refractivity contribution is 0.0755. The highest BCUT2D eigenvalue weighted by Gasteiger charge is 2.22. The van der Waals surface area contributed by atoms with Crippen LogP contribution in [0.4, 0.5) is 8.78 Å². The lowest BCUT2D eigenvalue weighted by Crippen LogP contribution is -2.36. The second-order valence-corrected chi connectivity index (χ2v) is 4.84. The zero-order valence-electron chi connectivity index (χ0n) is 11.2. The SMILES string of the molecule is O=C(c1cc(F)ccc1F)N1CCCN(CCO)CC1. The van der Waals surface area contributed by atoms with Crippen molar-refractivity contribution in [1.82, 2.24) is 9.80 Å². The molecule has 6 heteroatoms. The molecule has 0 saturated carbocycles. The van der Waals surface area contributed by atoms with Gasteiger partial charge in [-0.05, 0) is 31.2 Å². The molecule has 0 unspecified atom stereocenters. The lowest BCUT2D eigenvalue weighted by Gasteiger charge is -2.21. The summed E-state index contributed by atoms with van der Waals surface area (Å²) in [5, 5.41) is 8.92. The largest absolute Gasteiger partial charge is 0.395 e. The van der Waals surface area contributed by atoms with Crippen LogP contribution in [-0.2, 0) is 0 Å². The van der Waals surface area contributed by atoms with E-state index >= 15 is 0 Å². The van der Waals surface area contributed by atoms with Gasteiger partial charge in [0.05, 0.1) is 12.2 Å². The van der Waals surface area contributed by atoms with Crippen LogP contribution in [0.5, 0.6) is 0 Å². The number of halogens is 2. The number of aliphatic hydroxyl groups excluding tert-OH is 1. The molecule has 1 saturated heterocycles. The van der Waals surface area contributed by atoms with Gasteiger partial charge < -0.3 is 10.0 Å². The number of hydrogen-bond acceptors (Lipinski definition) is 3. The minimum atomic E-state index is -0.701. The van der Waals surface area contributed by atoms with Gasteiger partial charge in [0.25, 0.3) is 5.91 Å². The van der Waals surface area contributed by atoms with Crippen LogP contribution in [0.25, 0.3) is 0 Å². The molecule has 4 nitrogen and oxygen atoms in total. The van der Waals surface area contributed by atoms with Crippen molar-refractivity contribution in [3.05, 3.63) is 35.4 Å². The summed E-state index contributed by atoms with van der Waals surface area (Å²) in [5.41, 5.74) is -0.222. The third-order valence-corrected chi connectivity index (χ3v) is 3.45. The van der Waals surface area contributed by atoms with E-state index in [0.29, 0.717) is 26.2 Å². The number of nitrogens with zero attached hydrogens (tertiary/aromatic N) is 2. The van der Waals surface area contributed by atoms with E-state index in [4.69, 9.17) is 5.11 Å². The van der Waals surface area contributed by atoms with Gasteiger partial charge in [-0.25, -0.2) is 8.78 Å². The molecule has 0 aliphatic carbocycles. The molecule has 0 spiro atoms. The molecule has 1 aromatic carbocycles. The van der Waals surface area contributed by atoms with Crippen molar-refractivity contribution >= 4 is 5.91 Å². The van der Waals surface area contributed by atoms with Crippen LogP contribution in [0.2, 0.25) is 0 Å². The lowest BCUT2D eigenvalue weighted by atomic mass is 10.1. The van der Waals surface area contributed by atoms with Crippen molar-refractivity contribution in [1.29, 1.82) is 0 Å². The molecule has 0 atom stereocenters. The van der Waals surface area contributed by atoms with Gasteiger partial charge in [-0.15, -0.1) is 0 Å². The van der Waals surface area contributed by atoms with E-state index in [2.05, 4.69) is 4.90 Å². The normalized spacial score (nSPS) is 17.1. The molecule has 2 rings (SSSR count). The standard InChI is InChI=1S/C14H18F2N2O2/c15-11-2-3-13(16)12(10-11)14(20)18-5-1-4-17(6-7-18)8-9-19/h2-3,10,19H,1,4-9H2. The number of hydrogen-bond donors (Lipinski definition) is 1. The fourth-order valence-corrected chi connectivity index (χ4v) is 2.37. The summed E-state index contributed by atoms with van der Waals surface area (Å²) in [6.07, 6.45) is 0.753. The predicted molar refractivity (Wildman–Crippen MR) is 70.4 cm³/mol. The zero-order chi connectivity index (χ0) is 14.5. The first kappa shape index (κ1) is 14.9. The Morgan fingerprint density at radius 1 is 1.20 bits per heavy atom. The van der Waals surface area contributed by atoms with E-state index in [1.54, 1.807) is 0 Å². The highest BCUT2D eigenvalue weighted by Crippen LogP contribution is 2.14. The summed E-state index contributed by atoms with van der Waals surface area (Å²) in [6, 6.07) is 2.91. The van der Waals surface area contributed by atoms with E-state index in [1.807, 2.05) is 0 Å². The number of carbonyl (C=O) groups excluding carboxylic acids is 1. The Hall–Kier alpha value is -1.53. The highest BCUT2D eigenvalue weighted by atomic mass is 19.1. The van der Waals surface area contributed by atoms with E-state index in [0.717, 1.165) is 31.2 Å². The number of rotatable bonds is 3. The molecule has 0 bridgehead atoms. The molecule has 1 aliphatic heterocycles. The van der Waals surface area contributed by atoms with Gasteiger partial charge in [-0.3, -0.25) is 9.69 Å². The Morgan fingerprint density at radius 3 is 2.75 bits per heavy atom. The molecule has 1 aliphatic rings. The Kier molecular flexibility index (Phi) is 5.03. The van der Waals surface area contributed by atoms with Crippen molar-refractivity contribution in [3.8, 4) is 0 Å². The molecule has 110 valence electrons. The molecule has 1 amide bonds. The fraction of sp³-hybridized carbons (Fsp3) is 0.500. The minimum absolute atomic E-state index is 0.0759. The van der Waals surface area contributed by atoms with Gasteiger partial charge >= 0.3 is 0 Å². The minimum Gasteiger partial charge on any atom is -0.395 e. The van der Waals surface area contributed by atoms with Gasteiger partial charge in [-0.2, -0.15) is 0 Å². The average Bonchev–Trinajstić information content (AvgIpc) is 2.67. The van der Waals surface area contributed by atoms with Crippen LogP contribution >= 0.6 is 0 Å². The first-order valence-electron chi connectivity index (χ1n) is 6.69. The maximum Gasteiger partial charge on any atom is 0.256 e. The van der Waals surface area contributed by atoms with Crippen molar-refractivity contribution < 1.29 is 18.7 Å². The number of β-amino-alcohol motifs (C(OH)–C–C–N with tert-alkyl or cyclic N) is 1. The molecule has 20 heavy (non-hydrogen) atoms. The molecule has 1 aromatic rings. The van der Waals surface area contributed by atoms with Crippen molar-refractivity contribution in [2.24, 2.45) is 0 Å². The van der Waals surface area contributed by atoms with Gasteiger partial charge in [0.15, 0.2) is 0 Å². The van der Waals surface area contributed by atoms with Gasteiger partial charge in [0.1, 0.15) is 11.6 Å². The third kappa shape index (κ3) is 3.52. The second kappa shape index (κ2) is 6.76. The third-order valence-electron chi connectivity index (χ3n) is 3.45. The number of aliphatic hydroxyl groups is 1. The monoisotopic (exact) mass is 284 g/mol. The maximum atomic E-state index is 13.6. The first-order chi connectivity index (χ1) is 9.61. The first-order valence-corrected chi connectivity index (χ1v) is 6.69.